The van der Waals surface area contributed by atoms with Crippen LogP contribution in [0.4, 0.5) is 5.69 Å². The standard InChI is InChI=1S/C14H23ClN2O3S/c1-4-11(5-2)17(6-7-18)21(19,20)14-9-13(16)10(3)8-12(14)15/h8-9,11,18H,4-7,16H2,1-3H3. The van der Waals surface area contributed by atoms with Gasteiger partial charge in [-0.15, -0.1) is 0 Å². The van der Waals surface area contributed by atoms with Crippen LogP contribution in [0, 0.1) is 6.92 Å². The number of nitrogens with two attached hydrogens (primary N) is 1. The minimum Gasteiger partial charge on any atom is -0.398 e. The number of aryl methyl sites for hydroxylation is 1. The van der Waals surface area contributed by atoms with Crippen molar-refractivity contribution in [2.75, 3.05) is 18.9 Å². The Balaban J connectivity index is 3.38. The van der Waals surface area contributed by atoms with Gasteiger partial charge < -0.3 is 10.8 Å². The second-order valence-corrected chi connectivity index (χ2v) is 7.22. The summed E-state index contributed by atoms with van der Waals surface area (Å²) in [7, 11) is -3.80. The number of halogens is 1. The van der Waals surface area contributed by atoms with Gasteiger partial charge in [0, 0.05) is 18.3 Å². The van der Waals surface area contributed by atoms with Crippen LogP contribution in [-0.2, 0) is 10.0 Å². The number of benzene rings is 1. The lowest BCUT2D eigenvalue weighted by Gasteiger charge is -2.29. The van der Waals surface area contributed by atoms with E-state index in [1.54, 1.807) is 13.0 Å². The minimum atomic E-state index is -3.80. The number of anilines is 1. The normalized spacial score (nSPS) is 12.3. The highest BCUT2D eigenvalue weighted by Crippen LogP contribution is 2.30. The van der Waals surface area contributed by atoms with Crippen LogP contribution in [0.15, 0.2) is 17.0 Å². The molecule has 0 fully saturated rings. The third-order valence-corrected chi connectivity index (χ3v) is 5.99. The number of hydrogen-bond donors (Lipinski definition) is 2. The van der Waals surface area contributed by atoms with E-state index in [-0.39, 0.29) is 29.1 Å². The Morgan fingerprint density at radius 2 is 1.90 bits per heavy atom. The fourth-order valence-corrected chi connectivity index (χ4v) is 4.64. The van der Waals surface area contributed by atoms with Gasteiger partial charge in [0.1, 0.15) is 4.90 Å². The van der Waals surface area contributed by atoms with Crippen LogP contribution in [0.1, 0.15) is 32.3 Å². The summed E-state index contributed by atoms with van der Waals surface area (Å²) in [5.74, 6) is 0. The van der Waals surface area contributed by atoms with E-state index in [0.717, 1.165) is 5.56 Å². The molecular weight excluding hydrogens is 312 g/mol. The van der Waals surface area contributed by atoms with E-state index in [2.05, 4.69) is 0 Å². The zero-order valence-corrected chi connectivity index (χ0v) is 14.2. The third kappa shape index (κ3) is 3.88. The summed E-state index contributed by atoms with van der Waals surface area (Å²) in [6.45, 7) is 5.40. The maximum Gasteiger partial charge on any atom is 0.244 e. The zero-order chi connectivity index (χ0) is 16.2. The van der Waals surface area contributed by atoms with Crippen LogP contribution in [0.25, 0.3) is 0 Å². The van der Waals surface area contributed by atoms with Gasteiger partial charge in [-0.3, -0.25) is 0 Å². The van der Waals surface area contributed by atoms with Gasteiger partial charge in [0.2, 0.25) is 10.0 Å². The SMILES string of the molecule is CCC(CC)N(CCO)S(=O)(=O)c1cc(N)c(C)cc1Cl. The Labute approximate surface area is 131 Å². The number of aliphatic hydroxyl groups is 1. The maximum atomic E-state index is 12.8. The molecule has 3 N–H and O–H groups in total. The molecule has 0 aliphatic carbocycles. The Morgan fingerprint density at radius 3 is 2.38 bits per heavy atom. The van der Waals surface area contributed by atoms with Gasteiger partial charge in [-0.2, -0.15) is 4.31 Å². The molecule has 1 aromatic rings. The molecule has 0 aliphatic heterocycles. The van der Waals surface area contributed by atoms with E-state index in [1.807, 2.05) is 13.8 Å². The predicted octanol–water partition coefficient (Wildman–Crippen LogP) is 2.40. The van der Waals surface area contributed by atoms with Crippen molar-refractivity contribution < 1.29 is 13.5 Å². The number of aliphatic hydroxyl groups excluding tert-OH is 1. The fraction of sp³-hybridized carbons (Fsp3) is 0.571. The van der Waals surface area contributed by atoms with E-state index >= 15 is 0 Å². The van der Waals surface area contributed by atoms with Crippen LogP contribution < -0.4 is 5.73 Å². The highest BCUT2D eigenvalue weighted by molar-refractivity contribution is 7.89. The first-order chi connectivity index (χ1) is 9.79. The Kier molecular flexibility index (Phi) is 6.46. The molecule has 1 rings (SSSR count). The lowest BCUT2D eigenvalue weighted by atomic mass is 10.2. The molecule has 1 aromatic carbocycles. The lowest BCUT2D eigenvalue weighted by molar-refractivity contribution is 0.219. The number of sulfonamides is 1. The Morgan fingerprint density at radius 1 is 1.33 bits per heavy atom. The molecule has 0 amide bonds. The summed E-state index contributed by atoms with van der Waals surface area (Å²) in [5, 5.41) is 9.34. The molecule has 21 heavy (non-hydrogen) atoms. The second kappa shape index (κ2) is 7.45. The van der Waals surface area contributed by atoms with Crippen molar-refractivity contribution in [3.05, 3.63) is 22.7 Å². The highest BCUT2D eigenvalue weighted by Gasteiger charge is 2.31. The van der Waals surface area contributed by atoms with Crippen molar-refractivity contribution >= 4 is 27.3 Å². The van der Waals surface area contributed by atoms with Crippen LogP contribution >= 0.6 is 11.6 Å². The molecular formula is C14H23ClN2O3S. The van der Waals surface area contributed by atoms with Gasteiger partial charge in [0.25, 0.3) is 0 Å². The van der Waals surface area contributed by atoms with Crippen molar-refractivity contribution in [3.8, 4) is 0 Å². The molecule has 0 saturated carbocycles. The molecule has 0 heterocycles. The van der Waals surface area contributed by atoms with E-state index in [1.165, 1.54) is 10.4 Å². The number of hydrogen-bond acceptors (Lipinski definition) is 4. The maximum absolute atomic E-state index is 12.8. The van der Waals surface area contributed by atoms with Gasteiger partial charge in [-0.25, -0.2) is 8.42 Å². The molecule has 0 atom stereocenters. The first-order valence-corrected chi connectivity index (χ1v) is 8.79. The molecule has 0 aliphatic rings. The summed E-state index contributed by atoms with van der Waals surface area (Å²) >= 11 is 6.10. The number of rotatable bonds is 7. The van der Waals surface area contributed by atoms with Crippen LogP contribution in [0.5, 0.6) is 0 Å². The predicted molar refractivity (Wildman–Crippen MR) is 85.9 cm³/mol. The summed E-state index contributed by atoms with van der Waals surface area (Å²) in [5.41, 5.74) is 6.92. The summed E-state index contributed by atoms with van der Waals surface area (Å²) in [6, 6.07) is 2.76. The molecule has 0 bridgehead atoms. The van der Waals surface area contributed by atoms with Gasteiger partial charge in [-0.1, -0.05) is 25.4 Å². The molecule has 0 radical (unpaired) electrons. The molecule has 0 spiro atoms. The first kappa shape index (κ1) is 18.2. The van der Waals surface area contributed by atoms with Crippen LogP contribution in [-0.4, -0.2) is 37.0 Å². The number of nitrogens with zero attached hydrogens (tertiary/aromatic N) is 1. The first-order valence-electron chi connectivity index (χ1n) is 6.97. The molecule has 120 valence electrons. The Hall–Kier alpha value is -0.820. The molecule has 7 heteroatoms. The van der Waals surface area contributed by atoms with E-state index < -0.39 is 10.0 Å². The average molecular weight is 335 g/mol. The summed E-state index contributed by atoms with van der Waals surface area (Å²) in [4.78, 5) is -0.00684. The molecule has 0 aromatic heterocycles. The van der Waals surface area contributed by atoms with Crippen molar-refractivity contribution in [1.29, 1.82) is 0 Å². The zero-order valence-electron chi connectivity index (χ0n) is 12.6. The van der Waals surface area contributed by atoms with E-state index in [4.69, 9.17) is 17.3 Å². The monoisotopic (exact) mass is 334 g/mol. The van der Waals surface area contributed by atoms with Crippen LogP contribution in [0.3, 0.4) is 0 Å². The van der Waals surface area contributed by atoms with Crippen molar-refractivity contribution in [2.24, 2.45) is 0 Å². The topological polar surface area (TPSA) is 83.6 Å². The fourth-order valence-electron chi connectivity index (χ4n) is 2.29. The molecule has 0 saturated heterocycles. The summed E-state index contributed by atoms with van der Waals surface area (Å²) in [6.07, 6.45) is 1.32. The van der Waals surface area contributed by atoms with Gasteiger partial charge in [0.05, 0.1) is 11.6 Å². The van der Waals surface area contributed by atoms with Crippen molar-refractivity contribution in [2.45, 2.75) is 44.6 Å². The highest BCUT2D eigenvalue weighted by atomic mass is 35.5. The molecule has 0 unspecified atom stereocenters. The lowest BCUT2D eigenvalue weighted by Crippen LogP contribution is -2.41. The van der Waals surface area contributed by atoms with Gasteiger partial charge in [-0.05, 0) is 37.5 Å². The smallest absolute Gasteiger partial charge is 0.244 e. The minimum absolute atomic E-state index is 0.00684. The number of nitrogen functional groups attached to an aromatic ring is 1. The van der Waals surface area contributed by atoms with Crippen molar-refractivity contribution in [3.63, 3.8) is 0 Å². The van der Waals surface area contributed by atoms with Gasteiger partial charge in [0.15, 0.2) is 0 Å². The van der Waals surface area contributed by atoms with Crippen molar-refractivity contribution in [1.82, 2.24) is 4.31 Å². The third-order valence-electron chi connectivity index (χ3n) is 3.58. The van der Waals surface area contributed by atoms with E-state index in [0.29, 0.717) is 18.5 Å². The second-order valence-electron chi connectivity index (χ2n) is 4.95. The average Bonchev–Trinajstić information content (AvgIpc) is 2.43. The summed E-state index contributed by atoms with van der Waals surface area (Å²) < 4.78 is 27.0. The van der Waals surface area contributed by atoms with Crippen LogP contribution in [0.2, 0.25) is 5.02 Å². The Bertz CT molecular complexity index is 586. The van der Waals surface area contributed by atoms with E-state index in [9.17, 15) is 13.5 Å². The molecule has 5 nitrogen and oxygen atoms in total. The quantitative estimate of drug-likeness (QED) is 0.750. The van der Waals surface area contributed by atoms with Gasteiger partial charge >= 0.3 is 0 Å². The largest absolute Gasteiger partial charge is 0.398 e.